The van der Waals surface area contributed by atoms with Crippen molar-refractivity contribution in [1.82, 2.24) is 15.6 Å². The number of rotatable bonds is 7. The molecule has 0 saturated heterocycles. The molecular formula is C16H20BrF2IN4OS. The Kier molecular flexibility index (Phi) is 10.3. The van der Waals surface area contributed by atoms with Gasteiger partial charge in [-0.15, -0.1) is 35.3 Å². The highest BCUT2D eigenvalue weighted by molar-refractivity contribution is 14.0. The molecule has 0 amide bonds. The van der Waals surface area contributed by atoms with Crippen molar-refractivity contribution in [3.63, 3.8) is 0 Å². The topological polar surface area (TPSA) is 58.5 Å². The van der Waals surface area contributed by atoms with E-state index in [9.17, 15) is 8.78 Å². The zero-order chi connectivity index (χ0) is 18.2. The standard InChI is InChI=1S/C16H19BrF2N4OS.HI/c1-3-12-8-21-14(25-12)9-23-16(20-2)22-7-10-6-11(17)4-5-13(10)24-15(18)19;/h4-6,8,15H,3,7,9H2,1-2H3,(H2,20,22,23);1H. The van der Waals surface area contributed by atoms with Crippen LogP contribution in [0.2, 0.25) is 0 Å². The molecule has 0 fully saturated rings. The lowest BCUT2D eigenvalue weighted by molar-refractivity contribution is -0.0504. The fourth-order valence-corrected chi connectivity index (χ4v) is 3.26. The maximum atomic E-state index is 12.5. The van der Waals surface area contributed by atoms with Gasteiger partial charge in [-0.1, -0.05) is 22.9 Å². The number of hydrogen-bond donors (Lipinski definition) is 2. The number of aryl methyl sites for hydroxylation is 1. The average molecular weight is 561 g/mol. The molecule has 0 radical (unpaired) electrons. The number of halogens is 4. The molecule has 0 bridgehead atoms. The minimum absolute atomic E-state index is 0. The Morgan fingerprint density at radius 3 is 2.69 bits per heavy atom. The summed E-state index contributed by atoms with van der Waals surface area (Å²) in [6.07, 6.45) is 2.83. The monoisotopic (exact) mass is 560 g/mol. The zero-order valence-corrected chi connectivity index (χ0v) is 19.0. The highest BCUT2D eigenvalue weighted by atomic mass is 127. The van der Waals surface area contributed by atoms with E-state index in [0.717, 1.165) is 15.9 Å². The van der Waals surface area contributed by atoms with Crippen molar-refractivity contribution in [3.8, 4) is 5.75 Å². The highest BCUT2D eigenvalue weighted by Gasteiger charge is 2.11. The molecule has 26 heavy (non-hydrogen) atoms. The molecule has 1 aromatic carbocycles. The van der Waals surface area contributed by atoms with Gasteiger partial charge in [-0.3, -0.25) is 4.99 Å². The second-order valence-electron chi connectivity index (χ2n) is 4.98. The van der Waals surface area contributed by atoms with E-state index < -0.39 is 6.61 Å². The zero-order valence-electron chi connectivity index (χ0n) is 14.3. The van der Waals surface area contributed by atoms with E-state index in [0.29, 0.717) is 24.6 Å². The van der Waals surface area contributed by atoms with Crippen LogP contribution in [0.15, 0.2) is 33.9 Å². The third kappa shape index (κ3) is 7.31. The summed E-state index contributed by atoms with van der Waals surface area (Å²) in [5.41, 5.74) is 0.597. The van der Waals surface area contributed by atoms with Gasteiger partial charge in [0.1, 0.15) is 10.8 Å². The molecule has 0 unspecified atom stereocenters. The number of thiazole rings is 1. The Bertz CT molecular complexity index is 730. The molecule has 2 N–H and O–H groups in total. The largest absolute Gasteiger partial charge is 0.434 e. The minimum atomic E-state index is -2.87. The number of alkyl halides is 2. The van der Waals surface area contributed by atoms with E-state index in [1.807, 2.05) is 6.20 Å². The molecule has 2 rings (SSSR count). The molecule has 0 aliphatic carbocycles. The number of hydrogen-bond acceptors (Lipinski definition) is 4. The van der Waals surface area contributed by atoms with Crippen LogP contribution in [-0.4, -0.2) is 24.6 Å². The van der Waals surface area contributed by atoms with Gasteiger partial charge in [0.2, 0.25) is 0 Å². The maximum Gasteiger partial charge on any atom is 0.387 e. The SMILES string of the molecule is CCc1cnc(CNC(=NC)NCc2cc(Br)ccc2OC(F)F)s1.I. The summed E-state index contributed by atoms with van der Waals surface area (Å²) in [6, 6.07) is 4.89. The Balaban J connectivity index is 0.00000338. The van der Waals surface area contributed by atoms with Crippen molar-refractivity contribution in [2.24, 2.45) is 4.99 Å². The van der Waals surface area contributed by atoms with Crippen molar-refractivity contribution in [3.05, 3.63) is 44.3 Å². The number of guanidine groups is 1. The predicted octanol–water partition coefficient (Wildman–Crippen LogP) is 4.55. The predicted molar refractivity (Wildman–Crippen MR) is 115 cm³/mol. The summed E-state index contributed by atoms with van der Waals surface area (Å²) >= 11 is 4.98. The molecule has 0 atom stereocenters. The Morgan fingerprint density at radius 1 is 1.35 bits per heavy atom. The highest BCUT2D eigenvalue weighted by Crippen LogP contribution is 2.24. The third-order valence-corrected chi connectivity index (χ3v) is 4.90. The van der Waals surface area contributed by atoms with Crippen LogP contribution in [0.1, 0.15) is 22.4 Å². The molecule has 0 saturated carbocycles. The molecular weight excluding hydrogens is 541 g/mol. The van der Waals surface area contributed by atoms with Gasteiger partial charge in [-0.25, -0.2) is 4.98 Å². The second-order valence-corrected chi connectivity index (χ2v) is 7.10. The Labute approximate surface area is 180 Å². The van der Waals surface area contributed by atoms with Gasteiger partial charge in [0.15, 0.2) is 5.96 Å². The van der Waals surface area contributed by atoms with Crippen molar-refractivity contribution in [2.75, 3.05) is 7.05 Å². The van der Waals surface area contributed by atoms with Crippen LogP contribution in [0.5, 0.6) is 5.75 Å². The van der Waals surface area contributed by atoms with Gasteiger partial charge >= 0.3 is 6.61 Å². The first-order valence-corrected chi connectivity index (χ1v) is 9.24. The van der Waals surface area contributed by atoms with E-state index in [4.69, 9.17) is 0 Å². The fraction of sp³-hybridized carbons (Fsp3) is 0.375. The molecule has 2 aromatic rings. The first-order valence-electron chi connectivity index (χ1n) is 7.63. The summed E-state index contributed by atoms with van der Waals surface area (Å²) < 4.78 is 30.3. The molecule has 5 nitrogen and oxygen atoms in total. The summed E-state index contributed by atoms with van der Waals surface area (Å²) in [7, 11) is 1.64. The van der Waals surface area contributed by atoms with Crippen molar-refractivity contribution in [1.29, 1.82) is 0 Å². The number of aromatic nitrogens is 1. The maximum absolute atomic E-state index is 12.5. The molecule has 144 valence electrons. The quantitative estimate of drug-likeness (QED) is 0.296. The first-order chi connectivity index (χ1) is 12.0. The van der Waals surface area contributed by atoms with Crippen LogP contribution in [0, 0.1) is 0 Å². The summed E-state index contributed by atoms with van der Waals surface area (Å²) in [5.74, 6) is 0.685. The van der Waals surface area contributed by atoms with Gasteiger partial charge in [-0.2, -0.15) is 8.78 Å². The van der Waals surface area contributed by atoms with Crippen LogP contribution in [0.3, 0.4) is 0 Å². The average Bonchev–Trinajstić information content (AvgIpc) is 3.05. The summed E-state index contributed by atoms with van der Waals surface area (Å²) in [4.78, 5) is 9.69. The Morgan fingerprint density at radius 2 is 2.08 bits per heavy atom. The molecule has 0 spiro atoms. The van der Waals surface area contributed by atoms with Crippen molar-refractivity contribution in [2.45, 2.75) is 33.0 Å². The summed E-state index contributed by atoms with van der Waals surface area (Å²) in [5, 5.41) is 7.20. The lowest BCUT2D eigenvalue weighted by atomic mass is 10.2. The van der Waals surface area contributed by atoms with Gasteiger partial charge < -0.3 is 15.4 Å². The van der Waals surface area contributed by atoms with Gasteiger partial charge in [0.25, 0.3) is 0 Å². The second kappa shape index (κ2) is 11.7. The lowest BCUT2D eigenvalue weighted by Gasteiger charge is -2.14. The van der Waals surface area contributed by atoms with E-state index >= 15 is 0 Å². The minimum Gasteiger partial charge on any atom is -0.434 e. The Hall–Kier alpha value is -1.01. The smallest absolute Gasteiger partial charge is 0.387 e. The van der Waals surface area contributed by atoms with Crippen LogP contribution < -0.4 is 15.4 Å². The number of benzene rings is 1. The van der Waals surface area contributed by atoms with E-state index in [1.54, 1.807) is 30.5 Å². The van der Waals surface area contributed by atoms with Gasteiger partial charge in [0, 0.05) is 34.7 Å². The van der Waals surface area contributed by atoms with E-state index in [1.165, 1.54) is 10.9 Å². The summed E-state index contributed by atoms with van der Waals surface area (Å²) in [6.45, 7) is 0.0556. The van der Waals surface area contributed by atoms with Crippen molar-refractivity contribution < 1.29 is 13.5 Å². The van der Waals surface area contributed by atoms with Crippen molar-refractivity contribution >= 4 is 57.2 Å². The number of nitrogens with one attached hydrogen (secondary N) is 2. The lowest BCUT2D eigenvalue weighted by Crippen LogP contribution is -2.36. The van der Waals surface area contributed by atoms with Gasteiger partial charge in [-0.05, 0) is 24.6 Å². The number of nitrogens with zero attached hydrogens (tertiary/aromatic N) is 2. The molecule has 0 aliphatic rings. The van der Waals surface area contributed by atoms with Crippen LogP contribution in [0.4, 0.5) is 8.78 Å². The van der Waals surface area contributed by atoms with Crippen LogP contribution in [-0.2, 0) is 19.5 Å². The van der Waals surface area contributed by atoms with Gasteiger partial charge in [0.05, 0.1) is 6.54 Å². The first kappa shape index (κ1) is 23.0. The molecule has 1 aromatic heterocycles. The van der Waals surface area contributed by atoms with E-state index in [-0.39, 0.29) is 29.7 Å². The number of aliphatic imine (C=N–C) groups is 1. The molecule has 10 heteroatoms. The molecule has 0 aliphatic heterocycles. The van der Waals surface area contributed by atoms with Crippen LogP contribution in [0.25, 0.3) is 0 Å². The third-order valence-electron chi connectivity index (χ3n) is 3.27. The molecule has 1 heterocycles. The fourth-order valence-electron chi connectivity index (χ4n) is 2.05. The number of ether oxygens (including phenoxy) is 1. The van der Waals surface area contributed by atoms with Crippen LogP contribution >= 0.6 is 51.2 Å². The van der Waals surface area contributed by atoms with E-state index in [2.05, 4.69) is 48.2 Å². The normalized spacial score (nSPS) is 11.2.